The number of oxazole rings is 1. The SMILES string of the molecule is Cc1ccc(NC(=O)c2nnn(Cc3nc(-c4ccc(OC(C)C)cc4)oc3C)c2N)cc1. The van der Waals surface area contributed by atoms with Gasteiger partial charge in [-0.2, -0.15) is 0 Å². The Morgan fingerprint density at radius 3 is 2.48 bits per heavy atom. The first-order valence-electron chi connectivity index (χ1n) is 10.6. The lowest BCUT2D eigenvalue weighted by atomic mass is 10.2. The third-order valence-corrected chi connectivity index (χ3v) is 4.96. The van der Waals surface area contributed by atoms with E-state index >= 15 is 0 Å². The average Bonchev–Trinajstić information content (AvgIpc) is 3.33. The van der Waals surface area contributed by atoms with Crippen molar-refractivity contribution in [3.05, 3.63) is 71.2 Å². The van der Waals surface area contributed by atoms with E-state index in [0.717, 1.165) is 16.9 Å². The van der Waals surface area contributed by atoms with Crippen LogP contribution in [-0.4, -0.2) is 32.0 Å². The highest BCUT2D eigenvalue weighted by Gasteiger charge is 2.20. The lowest BCUT2D eigenvalue weighted by molar-refractivity contribution is 0.102. The number of amides is 1. The maximum absolute atomic E-state index is 12.6. The molecule has 3 N–H and O–H groups in total. The van der Waals surface area contributed by atoms with Crippen molar-refractivity contribution in [2.24, 2.45) is 0 Å². The number of nitrogen functional groups attached to an aromatic ring is 1. The minimum absolute atomic E-state index is 0.0534. The molecule has 0 bridgehead atoms. The number of nitrogens with one attached hydrogen (secondary N) is 1. The first-order valence-corrected chi connectivity index (χ1v) is 10.6. The minimum Gasteiger partial charge on any atom is -0.491 e. The van der Waals surface area contributed by atoms with Gasteiger partial charge in [-0.15, -0.1) is 5.10 Å². The predicted molar refractivity (Wildman–Crippen MR) is 125 cm³/mol. The van der Waals surface area contributed by atoms with Crippen molar-refractivity contribution in [1.82, 2.24) is 20.0 Å². The molecule has 1 amide bonds. The Labute approximate surface area is 191 Å². The number of hydrogen-bond donors (Lipinski definition) is 2. The smallest absolute Gasteiger partial charge is 0.280 e. The molecule has 0 radical (unpaired) electrons. The molecular weight excluding hydrogens is 420 g/mol. The van der Waals surface area contributed by atoms with Gasteiger partial charge < -0.3 is 20.2 Å². The molecule has 2 heterocycles. The molecule has 9 nitrogen and oxygen atoms in total. The topological polar surface area (TPSA) is 121 Å². The predicted octanol–water partition coefficient (Wildman–Crippen LogP) is 4.22. The summed E-state index contributed by atoms with van der Waals surface area (Å²) in [5.74, 6) is 1.62. The Morgan fingerprint density at radius 2 is 1.82 bits per heavy atom. The molecule has 0 aliphatic rings. The van der Waals surface area contributed by atoms with Gasteiger partial charge in [0.2, 0.25) is 5.89 Å². The van der Waals surface area contributed by atoms with E-state index in [1.54, 1.807) is 0 Å². The zero-order chi connectivity index (χ0) is 23.5. The second-order valence-electron chi connectivity index (χ2n) is 8.01. The van der Waals surface area contributed by atoms with E-state index in [0.29, 0.717) is 23.0 Å². The van der Waals surface area contributed by atoms with Crippen molar-refractivity contribution in [3.8, 4) is 17.2 Å². The summed E-state index contributed by atoms with van der Waals surface area (Å²) in [5.41, 5.74) is 9.44. The van der Waals surface area contributed by atoms with Gasteiger partial charge in [-0.1, -0.05) is 22.9 Å². The molecule has 0 spiro atoms. The van der Waals surface area contributed by atoms with Crippen LogP contribution in [0.3, 0.4) is 0 Å². The summed E-state index contributed by atoms with van der Waals surface area (Å²) in [6.45, 7) is 7.97. The third-order valence-electron chi connectivity index (χ3n) is 4.96. The Balaban J connectivity index is 1.48. The third kappa shape index (κ3) is 5.03. The van der Waals surface area contributed by atoms with Crippen molar-refractivity contribution in [1.29, 1.82) is 0 Å². The maximum Gasteiger partial charge on any atom is 0.280 e. The van der Waals surface area contributed by atoms with Crippen LogP contribution in [0.5, 0.6) is 5.75 Å². The highest BCUT2D eigenvalue weighted by molar-refractivity contribution is 6.05. The van der Waals surface area contributed by atoms with E-state index in [1.165, 1.54) is 4.68 Å². The lowest BCUT2D eigenvalue weighted by Crippen LogP contribution is -2.15. The zero-order valence-corrected chi connectivity index (χ0v) is 19.0. The summed E-state index contributed by atoms with van der Waals surface area (Å²) in [6, 6.07) is 15.0. The largest absolute Gasteiger partial charge is 0.491 e. The number of benzene rings is 2. The van der Waals surface area contributed by atoms with Crippen LogP contribution in [0.25, 0.3) is 11.5 Å². The molecule has 0 saturated heterocycles. The van der Waals surface area contributed by atoms with E-state index < -0.39 is 5.91 Å². The number of carbonyl (C=O) groups excluding carboxylic acids is 1. The fourth-order valence-corrected chi connectivity index (χ4v) is 3.21. The summed E-state index contributed by atoms with van der Waals surface area (Å²) < 4.78 is 12.9. The zero-order valence-electron chi connectivity index (χ0n) is 19.0. The molecule has 170 valence electrons. The quantitative estimate of drug-likeness (QED) is 0.436. The van der Waals surface area contributed by atoms with Crippen molar-refractivity contribution >= 4 is 17.4 Å². The van der Waals surface area contributed by atoms with Crippen molar-refractivity contribution < 1.29 is 13.9 Å². The number of anilines is 2. The number of nitrogens with two attached hydrogens (primary N) is 1. The van der Waals surface area contributed by atoms with Gasteiger partial charge >= 0.3 is 0 Å². The number of aromatic nitrogens is 4. The molecular formula is C24H26N6O3. The lowest BCUT2D eigenvalue weighted by Gasteiger charge is -2.09. The molecule has 2 aromatic heterocycles. The summed E-state index contributed by atoms with van der Waals surface area (Å²) >= 11 is 0. The fourth-order valence-electron chi connectivity index (χ4n) is 3.21. The minimum atomic E-state index is -0.427. The molecule has 9 heteroatoms. The normalized spacial score (nSPS) is 11.1. The van der Waals surface area contributed by atoms with E-state index in [9.17, 15) is 4.79 Å². The number of nitrogens with zero attached hydrogens (tertiary/aromatic N) is 4. The first-order chi connectivity index (χ1) is 15.8. The molecule has 0 saturated carbocycles. The summed E-state index contributed by atoms with van der Waals surface area (Å²) in [7, 11) is 0. The molecule has 4 aromatic rings. The van der Waals surface area contributed by atoms with E-state index in [-0.39, 0.29) is 24.2 Å². The summed E-state index contributed by atoms with van der Waals surface area (Å²) in [5, 5.41) is 10.8. The van der Waals surface area contributed by atoms with Gasteiger partial charge in [-0.25, -0.2) is 9.67 Å². The van der Waals surface area contributed by atoms with E-state index in [2.05, 4.69) is 20.6 Å². The monoisotopic (exact) mass is 446 g/mol. The Bertz CT molecular complexity index is 1260. The van der Waals surface area contributed by atoms with Crippen LogP contribution in [0.15, 0.2) is 52.9 Å². The van der Waals surface area contributed by atoms with Crippen molar-refractivity contribution in [2.45, 2.75) is 40.3 Å². The molecule has 2 aromatic carbocycles. The first kappa shape index (κ1) is 22.1. The van der Waals surface area contributed by atoms with Crippen LogP contribution >= 0.6 is 0 Å². The number of carbonyl (C=O) groups is 1. The van der Waals surface area contributed by atoms with E-state index in [4.69, 9.17) is 14.9 Å². The molecule has 0 aliphatic carbocycles. The van der Waals surface area contributed by atoms with Gasteiger partial charge in [-0.05, 0) is 64.1 Å². The number of hydrogen-bond acceptors (Lipinski definition) is 7. The molecule has 33 heavy (non-hydrogen) atoms. The molecule has 4 rings (SSSR count). The van der Waals surface area contributed by atoms with Crippen LogP contribution in [-0.2, 0) is 6.54 Å². The Kier molecular flexibility index (Phi) is 6.12. The highest BCUT2D eigenvalue weighted by atomic mass is 16.5. The highest BCUT2D eigenvalue weighted by Crippen LogP contribution is 2.25. The maximum atomic E-state index is 12.6. The van der Waals surface area contributed by atoms with Crippen LogP contribution < -0.4 is 15.8 Å². The number of rotatable bonds is 7. The Hall–Kier alpha value is -4.14. The van der Waals surface area contributed by atoms with Gasteiger partial charge in [0, 0.05) is 11.3 Å². The van der Waals surface area contributed by atoms with Crippen molar-refractivity contribution in [3.63, 3.8) is 0 Å². The second-order valence-corrected chi connectivity index (χ2v) is 8.01. The van der Waals surface area contributed by atoms with Gasteiger partial charge in [0.25, 0.3) is 5.91 Å². The summed E-state index contributed by atoms with van der Waals surface area (Å²) in [4.78, 5) is 17.2. The fraction of sp³-hybridized carbons (Fsp3) is 0.250. The van der Waals surface area contributed by atoms with Gasteiger partial charge in [0.1, 0.15) is 17.2 Å². The molecule has 0 atom stereocenters. The number of aryl methyl sites for hydroxylation is 2. The van der Waals surface area contributed by atoms with Gasteiger partial charge in [0.15, 0.2) is 11.5 Å². The molecule has 0 fully saturated rings. The number of ether oxygens (including phenoxy) is 1. The summed E-state index contributed by atoms with van der Waals surface area (Å²) in [6.07, 6.45) is 0.100. The van der Waals surface area contributed by atoms with Crippen LogP contribution in [0.4, 0.5) is 11.5 Å². The second kappa shape index (κ2) is 9.15. The Morgan fingerprint density at radius 1 is 1.12 bits per heavy atom. The van der Waals surface area contributed by atoms with Crippen molar-refractivity contribution in [2.75, 3.05) is 11.1 Å². The molecule has 0 unspecified atom stereocenters. The van der Waals surface area contributed by atoms with Gasteiger partial charge in [0.05, 0.1) is 12.6 Å². The molecule has 0 aliphatic heterocycles. The van der Waals surface area contributed by atoms with Gasteiger partial charge in [-0.3, -0.25) is 4.79 Å². The van der Waals surface area contributed by atoms with Crippen LogP contribution in [0, 0.1) is 13.8 Å². The van der Waals surface area contributed by atoms with Crippen LogP contribution in [0.2, 0.25) is 0 Å². The van der Waals surface area contributed by atoms with Crippen LogP contribution in [0.1, 0.15) is 41.4 Å². The average molecular weight is 447 g/mol. The standard InChI is InChI=1S/C24H26N6O3/c1-14(2)32-19-11-7-17(8-12-19)24-27-20(16(4)33-24)13-30-22(25)21(28-29-30)23(31)26-18-9-5-15(3)6-10-18/h5-12,14H,13,25H2,1-4H3,(H,26,31). The van der Waals surface area contributed by atoms with E-state index in [1.807, 2.05) is 76.2 Å².